The van der Waals surface area contributed by atoms with Crippen LogP contribution in [-0.2, 0) is 9.59 Å². The van der Waals surface area contributed by atoms with Crippen LogP contribution in [0.3, 0.4) is 0 Å². The molecule has 1 heterocycles. The van der Waals surface area contributed by atoms with Crippen LogP contribution < -0.4 is 9.47 Å². The zero-order valence-electron chi connectivity index (χ0n) is 18.1. The molecule has 0 saturated carbocycles. The Balaban J connectivity index is 2.18. The summed E-state index contributed by atoms with van der Waals surface area (Å²) in [4.78, 5) is 40.7. The van der Waals surface area contributed by atoms with E-state index in [1.807, 2.05) is 27.7 Å². The third-order valence-electron chi connectivity index (χ3n) is 4.37. The monoisotopic (exact) mass is 434 g/mol. The molecule has 7 nitrogen and oxygen atoms in total. The summed E-state index contributed by atoms with van der Waals surface area (Å²) in [7, 11) is 0. The Bertz CT molecular complexity index is 803. The number of carbonyl (C=O) groups is 3. The molecule has 0 radical (unpaired) electrons. The molecule has 1 fully saturated rings. The van der Waals surface area contributed by atoms with Crippen LogP contribution in [0.2, 0.25) is 0 Å². The van der Waals surface area contributed by atoms with Crippen LogP contribution >= 0.6 is 11.8 Å². The van der Waals surface area contributed by atoms with Crippen LogP contribution in [-0.4, -0.2) is 59.7 Å². The normalized spacial score (nSPS) is 15.1. The molecule has 1 saturated heterocycles. The molecule has 1 aromatic carbocycles. The van der Waals surface area contributed by atoms with Crippen LogP contribution in [0, 0.1) is 0 Å². The van der Waals surface area contributed by atoms with E-state index in [4.69, 9.17) is 9.47 Å². The van der Waals surface area contributed by atoms with Crippen LogP contribution in [0.1, 0.15) is 46.1 Å². The summed E-state index contributed by atoms with van der Waals surface area (Å²) in [5.74, 6) is 0.555. The predicted molar refractivity (Wildman–Crippen MR) is 119 cm³/mol. The van der Waals surface area contributed by atoms with Crippen LogP contribution in [0.4, 0.5) is 4.79 Å². The molecule has 0 atom stereocenters. The van der Waals surface area contributed by atoms with Crippen molar-refractivity contribution in [2.45, 2.75) is 40.5 Å². The molecular formula is C22H30N2O5S. The molecule has 30 heavy (non-hydrogen) atoms. The summed E-state index contributed by atoms with van der Waals surface area (Å²) in [5, 5.41) is -0.427. The first-order valence-electron chi connectivity index (χ1n) is 10.4. The first-order chi connectivity index (χ1) is 14.4. The summed E-state index contributed by atoms with van der Waals surface area (Å²) >= 11 is 0.846. The van der Waals surface area contributed by atoms with Crippen molar-refractivity contribution in [2.24, 2.45) is 0 Å². The van der Waals surface area contributed by atoms with E-state index in [9.17, 15) is 14.4 Å². The number of rotatable bonds is 11. The average molecular weight is 435 g/mol. The van der Waals surface area contributed by atoms with Gasteiger partial charge >= 0.3 is 0 Å². The van der Waals surface area contributed by atoms with Crippen molar-refractivity contribution < 1.29 is 23.9 Å². The van der Waals surface area contributed by atoms with Crippen molar-refractivity contribution in [3.8, 4) is 11.5 Å². The zero-order chi connectivity index (χ0) is 22.1. The highest BCUT2D eigenvalue weighted by Crippen LogP contribution is 2.34. The van der Waals surface area contributed by atoms with Gasteiger partial charge in [0.2, 0.25) is 5.91 Å². The van der Waals surface area contributed by atoms with Gasteiger partial charge in [0.05, 0.1) is 18.1 Å². The lowest BCUT2D eigenvalue weighted by atomic mass is 10.2. The van der Waals surface area contributed by atoms with E-state index in [0.717, 1.165) is 35.1 Å². The number of nitrogens with zero attached hydrogens (tertiary/aromatic N) is 2. The Kier molecular flexibility index (Phi) is 9.23. The number of hydrogen-bond donors (Lipinski definition) is 0. The SMILES string of the molecule is CCCN(CCC)C(=O)CN1C(=O)S/C(=C\c2ccc(OCC)c(OCC)c2)C1=O. The highest BCUT2D eigenvalue weighted by atomic mass is 32.2. The molecular weight excluding hydrogens is 404 g/mol. The molecule has 1 aliphatic heterocycles. The van der Waals surface area contributed by atoms with E-state index in [1.165, 1.54) is 0 Å². The summed E-state index contributed by atoms with van der Waals surface area (Å²) in [5.41, 5.74) is 0.720. The number of imide groups is 1. The molecule has 0 bridgehead atoms. The van der Waals surface area contributed by atoms with Gasteiger partial charge in [0.25, 0.3) is 11.1 Å². The molecule has 2 rings (SSSR count). The van der Waals surface area contributed by atoms with E-state index in [2.05, 4.69) is 0 Å². The third-order valence-corrected chi connectivity index (χ3v) is 5.28. The topological polar surface area (TPSA) is 76.2 Å². The van der Waals surface area contributed by atoms with Gasteiger partial charge in [-0.05, 0) is 62.2 Å². The lowest BCUT2D eigenvalue weighted by Gasteiger charge is -2.23. The van der Waals surface area contributed by atoms with Crippen molar-refractivity contribution in [3.63, 3.8) is 0 Å². The van der Waals surface area contributed by atoms with Gasteiger partial charge in [-0.25, -0.2) is 0 Å². The fraction of sp³-hybridized carbons (Fsp3) is 0.500. The quantitative estimate of drug-likeness (QED) is 0.487. The first kappa shape index (κ1) is 23.8. The second-order valence-corrected chi connectivity index (χ2v) is 7.71. The maximum Gasteiger partial charge on any atom is 0.294 e. The van der Waals surface area contributed by atoms with Gasteiger partial charge in [-0.3, -0.25) is 19.3 Å². The van der Waals surface area contributed by atoms with E-state index in [-0.39, 0.29) is 17.4 Å². The Morgan fingerprint density at radius 3 is 2.27 bits per heavy atom. The van der Waals surface area contributed by atoms with E-state index in [1.54, 1.807) is 29.2 Å². The molecule has 3 amide bonds. The van der Waals surface area contributed by atoms with Crippen molar-refractivity contribution in [1.82, 2.24) is 9.80 Å². The number of ether oxygens (including phenoxy) is 2. The molecule has 8 heteroatoms. The smallest absolute Gasteiger partial charge is 0.294 e. The van der Waals surface area contributed by atoms with Gasteiger partial charge in [0, 0.05) is 13.1 Å². The number of carbonyl (C=O) groups excluding carboxylic acids is 3. The summed E-state index contributed by atoms with van der Waals surface area (Å²) in [6, 6.07) is 5.36. The first-order valence-corrected chi connectivity index (χ1v) is 11.2. The van der Waals surface area contributed by atoms with E-state index < -0.39 is 11.1 Å². The number of hydrogen-bond acceptors (Lipinski definition) is 6. The molecule has 0 aromatic heterocycles. The fourth-order valence-corrected chi connectivity index (χ4v) is 3.92. The maximum absolute atomic E-state index is 12.8. The van der Waals surface area contributed by atoms with Crippen molar-refractivity contribution >= 4 is 34.9 Å². The summed E-state index contributed by atoms with van der Waals surface area (Å²) in [6.07, 6.45) is 3.30. The van der Waals surface area contributed by atoms with Crippen LogP contribution in [0.15, 0.2) is 23.1 Å². The van der Waals surface area contributed by atoms with E-state index >= 15 is 0 Å². The molecule has 1 aromatic rings. The number of thioether (sulfide) groups is 1. The Morgan fingerprint density at radius 1 is 1.03 bits per heavy atom. The number of amides is 3. The van der Waals surface area contributed by atoms with Gasteiger partial charge < -0.3 is 14.4 Å². The van der Waals surface area contributed by atoms with Crippen molar-refractivity contribution in [1.29, 1.82) is 0 Å². The molecule has 0 N–H and O–H groups in total. The van der Waals surface area contributed by atoms with Gasteiger partial charge in [0.15, 0.2) is 11.5 Å². The van der Waals surface area contributed by atoms with Gasteiger partial charge in [-0.15, -0.1) is 0 Å². The third kappa shape index (κ3) is 6.01. The Morgan fingerprint density at radius 2 is 1.67 bits per heavy atom. The lowest BCUT2D eigenvalue weighted by Crippen LogP contribution is -2.42. The molecule has 0 unspecified atom stereocenters. The molecule has 0 spiro atoms. The minimum absolute atomic E-state index is 0.207. The number of benzene rings is 1. The second-order valence-electron chi connectivity index (χ2n) is 6.72. The minimum atomic E-state index is -0.446. The lowest BCUT2D eigenvalue weighted by molar-refractivity contribution is -0.135. The maximum atomic E-state index is 12.8. The largest absolute Gasteiger partial charge is 0.490 e. The highest BCUT2D eigenvalue weighted by molar-refractivity contribution is 8.18. The Labute approximate surface area is 182 Å². The Hall–Kier alpha value is -2.48. The van der Waals surface area contributed by atoms with Gasteiger partial charge in [0.1, 0.15) is 6.54 Å². The average Bonchev–Trinajstić information content (AvgIpc) is 2.97. The zero-order valence-corrected chi connectivity index (χ0v) is 18.9. The standard InChI is InChI=1S/C22H30N2O5S/c1-5-11-23(12-6-2)20(25)15-24-21(26)19(30-22(24)27)14-16-9-10-17(28-7-3)18(13-16)29-8-4/h9-10,13-14H,5-8,11-12,15H2,1-4H3/b19-14-. The highest BCUT2D eigenvalue weighted by Gasteiger charge is 2.37. The van der Waals surface area contributed by atoms with Crippen LogP contribution in [0.5, 0.6) is 11.5 Å². The van der Waals surface area contributed by atoms with Gasteiger partial charge in [-0.1, -0.05) is 19.9 Å². The predicted octanol–water partition coefficient (Wildman–Crippen LogP) is 4.17. The fourth-order valence-electron chi connectivity index (χ4n) is 3.08. The molecule has 0 aliphatic carbocycles. The van der Waals surface area contributed by atoms with Crippen molar-refractivity contribution in [3.05, 3.63) is 28.7 Å². The van der Waals surface area contributed by atoms with E-state index in [0.29, 0.717) is 37.8 Å². The molecule has 1 aliphatic rings. The van der Waals surface area contributed by atoms with Crippen LogP contribution in [0.25, 0.3) is 6.08 Å². The van der Waals surface area contributed by atoms with Gasteiger partial charge in [-0.2, -0.15) is 0 Å². The van der Waals surface area contributed by atoms with Crippen molar-refractivity contribution in [2.75, 3.05) is 32.8 Å². The summed E-state index contributed by atoms with van der Waals surface area (Å²) < 4.78 is 11.2. The summed E-state index contributed by atoms with van der Waals surface area (Å²) in [6.45, 7) is 9.76. The second kappa shape index (κ2) is 11.6. The molecule has 164 valence electrons. The minimum Gasteiger partial charge on any atom is -0.490 e.